The second-order valence-corrected chi connectivity index (χ2v) is 11.0. The Hall–Kier alpha value is -4.19. The van der Waals surface area contributed by atoms with Gasteiger partial charge in [0, 0.05) is 18.0 Å². The maximum atomic E-state index is 13.2. The Morgan fingerprint density at radius 1 is 1.32 bits per heavy atom. The number of allylic oxidation sites excluding steroid dienone is 2. The van der Waals surface area contributed by atoms with Crippen molar-refractivity contribution in [2.75, 3.05) is 12.3 Å². The highest BCUT2D eigenvalue weighted by molar-refractivity contribution is 7.80. The molecule has 2 atom stereocenters. The summed E-state index contributed by atoms with van der Waals surface area (Å²) in [6.45, 7) is 4.13. The van der Waals surface area contributed by atoms with Crippen LogP contribution in [0.2, 0.25) is 0 Å². The Balaban J connectivity index is 1.76. The van der Waals surface area contributed by atoms with Crippen molar-refractivity contribution in [1.82, 2.24) is 10.0 Å². The highest BCUT2D eigenvalue weighted by Crippen LogP contribution is 2.40. The van der Waals surface area contributed by atoms with E-state index in [1.54, 1.807) is 37.3 Å². The lowest BCUT2D eigenvalue weighted by molar-refractivity contribution is -0.228. The summed E-state index contributed by atoms with van der Waals surface area (Å²) in [4.78, 5) is 46.7. The van der Waals surface area contributed by atoms with E-state index in [-0.39, 0.29) is 10.8 Å². The van der Waals surface area contributed by atoms with Gasteiger partial charge in [0.05, 0.1) is 11.5 Å². The predicted octanol–water partition coefficient (Wildman–Crippen LogP) is 1.96. The van der Waals surface area contributed by atoms with Crippen molar-refractivity contribution < 1.29 is 46.3 Å². The topological polar surface area (TPSA) is 232 Å². The average molecular weight is 610 g/mol. The molecule has 1 aromatic carbocycles. The van der Waals surface area contributed by atoms with E-state index in [0.717, 1.165) is 16.9 Å². The molecule has 0 unspecified atom stereocenters. The van der Waals surface area contributed by atoms with E-state index >= 15 is 0 Å². The predicted molar refractivity (Wildman–Crippen MR) is 147 cm³/mol. The summed E-state index contributed by atoms with van der Waals surface area (Å²) in [6, 6.07) is 6.56. The lowest BCUT2D eigenvalue weighted by Gasteiger charge is -2.50. The third kappa shape index (κ3) is 7.51. The number of ether oxygens (including phenoxy) is 1. The number of benzene rings is 1. The summed E-state index contributed by atoms with van der Waals surface area (Å²) in [5.74, 6) is -3.86. The zero-order valence-corrected chi connectivity index (χ0v) is 23.6. The van der Waals surface area contributed by atoms with Gasteiger partial charge in [-0.15, -0.1) is 15.6 Å². The van der Waals surface area contributed by atoms with Crippen LogP contribution in [0.4, 0.5) is 5.13 Å². The van der Waals surface area contributed by atoms with Crippen LogP contribution in [0.15, 0.2) is 40.9 Å². The van der Waals surface area contributed by atoms with Gasteiger partial charge in [-0.05, 0) is 44.0 Å². The molecular formula is C24H27N5O10S2. The number of aliphatic carboxylic acids is 1. The van der Waals surface area contributed by atoms with Gasteiger partial charge in [0.25, 0.3) is 12.0 Å². The Morgan fingerprint density at radius 2 is 1.98 bits per heavy atom. The number of carboxylic acid groups (broad SMARTS) is 1. The highest BCUT2D eigenvalue weighted by atomic mass is 32.3. The molecule has 41 heavy (non-hydrogen) atoms. The van der Waals surface area contributed by atoms with E-state index < -0.39 is 64.4 Å². The van der Waals surface area contributed by atoms with Crippen LogP contribution in [-0.4, -0.2) is 76.0 Å². The molecule has 15 nitrogen and oxygen atoms in total. The molecule has 0 bridgehead atoms. The molecular weight excluding hydrogens is 582 g/mol. The molecule has 0 aliphatic carbocycles. The van der Waals surface area contributed by atoms with Crippen LogP contribution in [-0.2, 0) is 33.9 Å². The van der Waals surface area contributed by atoms with Crippen LogP contribution in [0.1, 0.15) is 38.4 Å². The minimum atomic E-state index is -4.98. The van der Waals surface area contributed by atoms with E-state index in [4.69, 9.17) is 25.3 Å². The largest absolute Gasteiger partial charge is 0.489 e. The smallest absolute Gasteiger partial charge is 0.418 e. The maximum absolute atomic E-state index is 13.2. The number of nitrogens with one attached hydrogen (secondary N) is 1. The summed E-state index contributed by atoms with van der Waals surface area (Å²) in [6.07, 6.45) is 0.806. The number of β-lactam (4-membered cyclic amide) rings is 1. The van der Waals surface area contributed by atoms with Crippen molar-refractivity contribution in [3.05, 3.63) is 47.0 Å². The minimum absolute atomic E-state index is 0.0280. The van der Waals surface area contributed by atoms with Gasteiger partial charge >= 0.3 is 16.4 Å². The first-order valence-electron chi connectivity index (χ1n) is 11.8. The molecule has 220 valence electrons. The molecule has 0 saturated carbocycles. The van der Waals surface area contributed by atoms with Crippen LogP contribution in [0, 0.1) is 11.3 Å². The number of Topliss-reactive ketones (excluding diaryl/α,β-unsaturated/α-hetero) is 1. The van der Waals surface area contributed by atoms with E-state index in [2.05, 4.69) is 14.4 Å². The van der Waals surface area contributed by atoms with E-state index in [9.17, 15) is 27.9 Å². The molecule has 0 radical (unpaired) electrons. The number of anilines is 1. The summed E-state index contributed by atoms with van der Waals surface area (Å²) in [7, 11) is -4.98. The number of nitrogen functional groups attached to an aromatic ring is 1. The number of ketones is 1. The van der Waals surface area contributed by atoms with Crippen LogP contribution >= 0.6 is 11.3 Å². The summed E-state index contributed by atoms with van der Waals surface area (Å²) >= 11 is 0.980. The number of nitrogens with two attached hydrogens (primary N) is 1. The number of amides is 1. The number of nitrogens with zero attached hydrogens (tertiary/aromatic N) is 3. The minimum Gasteiger partial charge on any atom is -0.489 e. The van der Waals surface area contributed by atoms with Crippen LogP contribution in [0.25, 0.3) is 5.57 Å². The standard InChI is InChI=1S/C24H27N5O10S2/c1-4-13(10-25)14-5-7-15(8-6-14)37-11-19(22(32)33)38-28-20(17-12-40-23(26)27-17)18(30)9-16-21(31)29(24(16,2)3)39-41(34,35)36/h4-8,10,12,16,19,25H,9,11H2,1-3H3,(H2,26,27)(H,32,33)(H,34,35,36)/b13-4+,25-10?,28-20-/t16-,19+/m1/s1. The van der Waals surface area contributed by atoms with Gasteiger partial charge in [-0.3, -0.25) is 14.1 Å². The second-order valence-electron chi connectivity index (χ2n) is 9.14. The summed E-state index contributed by atoms with van der Waals surface area (Å²) < 4.78 is 40.8. The monoisotopic (exact) mass is 609 g/mol. The van der Waals surface area contributed by atoms with Crippen LogP contribution < -0.4 is 10.5 Å². The molecule has 0 spiro atoms. The number of hydrogen-bond donors (Lipinski definition) is 4. The number of carbonyl (C=O) groups excluding carboxylic acids is 2. The Bertz CT molecular complexity index is 1500. The Labute approximate surface area is 238 Å². The van der Waals surface area contributed by atoms with Gasteiger partial charge in [0.2, 0.25) is 0 Å². The highest BCUT2D eigenvalue weighted by Gasteiger charge is 2.57. The molecule has 1 aliphatic heterocycles. The Kier molecular flexibility index (Phi) is 9.59. The fourth-order valence-electron chi connectivity index (χ4n) is 3.80. The molecule has 1 amide bonds. The first kappa shape index (κ1) is 31.3. The third-order valence-corrected chi connectivity index (χ3v) is 7.07. The summed E-state index contributed by atoms with van der Waals surface area (Å²) in [5, 5.41) is 22.7. The number of carboxylic acids is 1. The van der Waals surface area contributed by atoms with Crippen LogP contribution in [0.5, 0.6) is 5.75 Å². The molecule has 17 heteroatoms. The number of thiazole rings is 1. The number of hydroxylamine groups is 2. The molecule has 1 aromatic heterocycles. The zero-order valence-electron chi connectivity index (χ0n) is 22.0. The molecule has 1 aliphatic rings. The van der Waals surface area contributed by atoms with Gasteiger partial charge in [-0.1, -0.05) is 23.4 Å². The third-order valence-electron chi connectivity index (χ3n) is 6.06. The molecule has 1 saturated heterocycles. The number of oxime groups is 1. The number of hydrogen-bond acceptors (Lipinski definition) is 13. The van der Waals surface area contributed by atoms with Gasteiger partial charge < -0.3 is 25.8 Å². The van der Waals surface area contributed by atoms with Gasteiger partial charge in [-0.2, -0.15) is 13.5 Å². The lowest BCUT2D eigenvalue weighted by Crippen LogP contribution is -2.68. The van der Waals surface area contributed by atoms with Gasteiger partial charge in [0.15, 0.2) is 16.6 Å². The molecule has 1 fully saturated rings. The second kappa shape index (κ2) is 12.5. The molecule has 2 heterocycles. The SMILES string of the molecule is C/C=C(\C=N)c1ccc(OC[C@H](O/N=C(\C(=O)C[C@@H]2C(=O)N(OS(=O)(=O)O)C2(C)C)c2csc(N)n2)C(=O)O)cc1. The number of rotatable bonds is 14. The first-order valence-corrected chi connectivity index (χ1v) is 14.0. The van der Waals surface area contributed by atoms with Crippen molar-refractivity contribution in [3.63, 3.8) is 0 Å². The maximum Gasteiger partial charge on any atom is 0.418 e. The fourth-order valence-corrected chi connectivity index (χ4v) is 4.80. The van der Waals surface area contributed by atoms with E-state index in [1.807, 2.05) is 0 Å². The lowest BCUT2D eigenvalue weighted by atomic mass is 9.74. The van der Waals surface area contributed by atoms with E-state index in [1.165, 1.54) is 25.4 Å². The van der Waals surface area contributed by atoms with Crippen molar-refractivity contribution in [2.24, 2.45) is 11.1 Å². The zero-order chi connectivity index (χ0) is 30.5. The van der Waals surface area contributed by atoms with Crippen molar-refractivity contribution in [1.29, 1.82) is 5.41 Å². The van der Waals surface area contributed by atoms with Gasteiger partial charge in [0.1, 0.15) is 18.1 Å². The number of aromatic nitrogens is 1. The molecule has 3 rings (SSSR count). The van der Waals surface area contributed by atoms with Crippen molar-refractivity contribution in [3.8, 4) is 5.75 Å². The van der Waals surface area contributed by atoms with Crippen molar-refractivity contribution >= 4 is 62.0 Å². The van der Waals surface area contributed by atoms with E-state index in [0.29, 0.717) is 16.4 Å². The first-order chi connectivity index (χ1) is 19.2. The molecule has 2 aromatic rings. The average Bonchev–Trinajstić information content (AvgIpc) is 3.33. The normalized spacial score (nSPS) is 17.9. The Morgan fingerprint density at radius 3 is 2.46 bits per heavy atom. The summed E-state index contributed by atoms with van der Waals surface area (Å²) in [5.41, 5.74) is 5.36. The quantitative estimate of drug-likeness (QED) is 0.104. The van der Waals surface area contributed by atoms with Crippen molar-refractivity contribution in [2.45, 2.75) is 38.8 Å². The fraction of sp³-hybridized carbons (Fsp3) is 0.333. The van der Waals surface area contributed by atoms with Crippen LogP contribution in [0.3, 0.4) is 0 Å². The van der Waals surface area contributed by atoms with Gasteiger partial charge in [-0.25, -0.2) is 9.78 Å². The molecule has 5 N–H and O–H groups in total. The number of carbonyl (C=O) groups is 3.